The van der Waals surface area contributed by atoms with E-state index in [2.05, 4.69) is 48.8 Å². The number of halogens is 1. The van der Waals surface area contributed by atoms with Crippen LogP contribution in [0.5, 0.6) is 11.5 Å². The van der Waals surface area contributed by atoms with Crippen LogP contribution < -0.4 is 14.8 Å². The summed E-state index contributed by atoms with van der Waals surface area (Å²) in [6.07, 6.45) is 1.11. The van der Waals surface area contributed by atoms with E-state index in [-0.39, 0.29) is 23.8 Å². The first kappa shape index (κ1) is 18.7. The average Bonchev–Trinajstić information content (AvgIpc) is 3.24. The van der Waals surface area contributed by atoms with Gasteiger partial charge in [0.15, 0.2) is 16.6 Å². The van der Waals surface area contributed by atoms with Crippen LogP contribution in [0.3, 0.4) is 0 Å². The number of fused-ring (bicyclic) bond motifs is 1. The fourth-order valence-electron chi connectivity index (χ4n) is 2.84. The van der Waals surface area contributed by atoms with Gasteiger partial charge in [0.25, 0.3) is 0 Å². The van der Waals surface area contributed by atoms with Gasteiger partial charge >= 0.3 is 0 Å². The topological polar surface area (TPSA) is 43.4 Å². The van der Waals surface area contributed by atoms with Crippen LogP contribution in [0.4, 0.5) is 10.8 Å². The van der Waals surface area contributed by atoms with Crippen LogP contribution in [0.2, 0.25) is 0 Å². The molecule has 1 aliphatic heterocycles. The number of ether oxygens (including phenoxy) is 2. The highest BCUT2D eigenvalue weighted by Gasteiger charge is 2.14. The van der Waals surface area contributed by atoms with Gasteiger partial charge in [0.2, 0.25) is 6.79 Å². The Bertz CT molecular complexity index is 878. The van der Waals surface area contributed by atoms with E-state index in [4.69, 9.17) is 14.5 Å². The van der Waals surface area contributed by atoms with E-state index in [1.807, 2.05) is 18.2 Å². The highest BCUT2D eigenvalue weighted by Crippen LogP contribution is 2.36. The molecule has 26 heavy (non-hydrogen) atoms. The van der Waals surface area contributed by atoms with Crippen LogP contribution >= 0.6 is 28.3 Å². The molecule has 0 amide bonds. The van der Waals surface area contributed by atoms with Gasteiger partial charge in [-0.2, -0.15) is 0 Å². The molecule has 0 bridgehead atoms. The summed E-state index contributed by atoms with van der Waals surface area (Å²) in [5, 5.41) is 6.27. The molecule has 0 radical (unpaired) electrons. The highest BCUT2D eigenvalue weighted by molar-refractivity contribution is 8.93. The van der Waals surface area contributed by atoms with Gasteiger partial charge in [-0.3, -0.25) is 0 Å². The molecule has 6 heteroatoms. The summed E-state index contributed by atoms with van der Waals surface area (Å²) >= 11 is 1.59. The van der Waals surface area contributed by atoms with Gasteiger partial charge in [-0.25, -0.2) is 4.98 Å². The molecule has 0 spiro atoms. The Morgan fingerprint density at radius 1 is 1.08 bits per heavy atom. The first-order valence-electron chi connectivity index (χ1n) is 8.39. The zero-order valence-corrected chi connectivity index (χ0v) is 17.2. The van der Waals surface area contributed by atoms with E-state index in [1.165, 1.54) is 5.56 Å². The maximum Gasteiger partial charge on any atom is 0.231 e. The fraction of sp³-hybridized carbons (Fsp3) is 0.250. The van der Waals surface area contributed by atoms with Crippen molar-refractivity contribution in [3.63, 3.8) is 0 Å². The summed E-state index contributed by atoms with van der Waals surface area (Å²) in [5.74, 6) is 2.22. The molecule has 0 saturated heterocycles. The van der Waals surface area contributed by atoms with Gasteiger partial charge in [-0.05, 0) is 30.0 Å². The summed E-state index contributed by atoms with van der Waals surface area (Å²) in [7, 11) is 0. The Kier molecular flexibility index (Phi) is 5.84. The minimum Gasteiger partial charge on any atom is -0.454 e. The lowest BCUT2D eigenvalue weighted by molar-refractivity contribution is 0.174. The molecule has 0 aliphatic carbocycles. The number of hydrogen-bond donors (Lipinski definition) is 1. The van der Waals surface area contributed by atoms with Crippen LogP contribution in [-0.2, 0) is 6.42 Å². The van der Waals surface area contributed by atoms with Crippen LogP contribution in [0.15, 0.2) is 47.8 Å². The molecule has 0 atom stereocenters. The molecule has 4 rings (SSSR count). The highest BCUT2D eigenvalue weighted by atomic mass is 79.9. The lowest BCUT2D eigenvalue weighted by Crippen LogP contribution is -1.93. The molecule has 0 saturated carbocycles. The maximum atomic E-state index is 5.41. The van der Waals surface area contributed by atoms with Crippen molar-refractivity contribution in [1.82, 2.24) is 4.98 Å². The molecule has 4 nitrogen and oxygen atoms in total. The largest absolute Gasteiger partial charge is 0.454 e. The van der Waals surface area contributed by atoms with Crippen molar-refractivity contribution >= 4 is 39.1 Å². The second kappa shape index (κ2) is 8.10. The van der Waals surface area contributed by atoms with Crippen LogP contribution in [0, 0.1) is 5.92 Å². The Morgan fingerprint density at radius 3 is 2.62 bits per heavy atom. The summed E-state index contributed by atoms with van der Waals surface area (Å²) in [6, 6.07) is 14.5. The van der Waals surface area contributed by atoms with Gasteiger partial charge in [0.1, 0.15) is 0 Å². The van der Waals surface area contributed by atoms with Crippen LogP contribution in [0.25, 0.3) is 11.3 Å². The Hall–Kier alpha value is -2.05. The normalized spacial score (nSPS) is 12.1. The summed E-state index contributed by atoms with van der Waals surface area (Å²) in [4.78, 5) is 4.70. The zero-order chi connectivity index (χ0) is 17.2. The zero-order valence-electron chi connectivity index (χ0n) is 14.7. The minimum absolute atomic E-state index is 0. The quantitative estimate of drug-likeness (QED) is 0.531. The van der Waals surface area contributed by atoms with Crippen molar-refractivity contribution in [2.45, 2.75) is 20.3 Å². The summed E-state index contributed by atoms with van der Waals surface area (Å²) < 4.78 is 10.7. The molecule has 2 aromatic carbocycles. The maximum absolute atomic E-state index is 5.41. The second-order valence-corrected chi connectivity index (χ2v) is 7.38. The molecular weight excluding hydrogens is 412 g/mol. The van der Waals surface area contributed by atoms with E-state index in [0.717, 1.165) is 40.0 Å². The molecule has 1 aromatic heterocycles. The van der Waals surface area contributed by atoms with Gasteiger partial charge in [0.05, 0.1) is 5.69 Å². The van der Waals surface area contributed by atoms with Crippen molar-refractivity contribution in [2.75, 3.05) is 12.1 Å². The van der Waals surface area contributed by atoms with Gasteiger partial charge in [-0.1, -0.05) is 38.1 Å². The number of nitrogens with one attached hydrogen (secondary N) is 1. The third-order valence-corrected chi connectivity index (χ3v) is 4.78. The van der Waals surface area contributed by atoms with Crippen molar-refractivity contribution in [2.24, 2.45) is 5.92 Å². The van der Waals surface area contributed by atoms with E-state index in [9.17, 15) is 0 Å². The monoisotopic (exact) mass is 432 g/mol. The first-order chi connectivity index (χ1) is 12.2. The van der Waals surface area contributed by atoms with Crippen LogP contribution in [0.1, 0.15) is 19.4 Å². The van der Waals surface area contributed by atoms with E-state index < -0.39 is 0 Å². The average molecular weight is 433 g/mol. The Balaban J connectivity index is 0.00000196. The number of rotatable bonds is 5. The predicted octanol–water partition coefficient (Wildman–Crippen LogP) is 6.06. The number of nitrogens with zero attached hydrogens (tertiary/aromatic N) is 1. The van der Waals surface area contributed by atoms with E-state index in [1.54, 1.807) is 11.3 Å². The predicted molar refractivity (Wildman–Crippen MR) is 112 cm³/mol. The molecule has 3 aromatic rings. The fourth-order valence-corrected chi connectivity index (χ4v) is 3.58. The molecule has 1 N–H and O–H groups in total. The van der Waals surface area contributed by atoms with Crippen molar-refractivity contribution < 1.29 is 9.47 Å². The Morgan fingerprint density at radius 2 is 1.85 bits per heavy atom. The summed E-state index contributed by atoms with van der Waals surface area (Å²) in [5.41, 5.74) is 4.44. The van der Waals surface area contributed by atoms with Crippen molar-refractivity contribution in [3.8, 4) is 22.8 Å². The van der Waals surface area contributed by atoms with Gasteiger partial charge in [0, 0.05) is 22.7 Å². The van der Waals surface area contributed by atoms with Crippen molar-refractivity contribution in [3.05, 3.63) is 53.4 Å². The third kappa shape index (κ3) is 4.19. The van der Waals surface area contributed by atoms with Crippen LogP contribution in [-0.4, -0.2) is 11.8 Å². The SMILES string of the molecule is Br.CC(C)Cc1ccc(-c2csc(Nc3ccc4c(c3)OCO4)n2)cc1. The number of aromatic nitrogens is 1. The molecule has 136 valence electrons. The molecule has 0 fully saturated rings. The van der Waals surface area contributed by atoms with E-state index in [0.29, 0.717) is 5.92 Å². The lowest BCUT2D eigenvalue weighted by Gasteiger charge is -2.05. The van der Waals surface area contributed by atoms with Gasteiger partial charge in [-0.15, -0.1) is 28.3 Å². The number of thiazole rings is 1. The molecule has 1 aliphatic rings. The van der Waals surface area contributed by atoms with Crippen molar-refractivity contribution in [1.29, 1.82) is 0 Å². The smallest absolute Gasteiger partial charge is 0.231 e. The summed E-state index contributed by atoms with van der Waals surface area (Å²) in [6.45, 7) is 4.76. The molecular formula is C20H21BrN2O2S. The lowest BCUT2D eigenvalue weighted by atomic mass is 10.0. The van der Waals surface area contributed by atoms with Gasteiger partial charge < -0.3 is 14.8 Å². The second-order valence-electron chi connectivity index (χ2n) is 6.53. The standard InChI is InChI=1S/C20H20N2O2S.BrH/c1-13(2)9-14-3-5-15(6-4-14)17-11-25-20(22-17)21-16-7-8-18-19(10-16)24-12-23-18;/h3-8,10-11,13H,9,12H2,1-2H3,(H,21,22);1H. The number of benzene rings is 2. The minimum atomic E-state index is 0. The van der Waals surface area contributed by atoms with E-state index >= 15 is 0 Å². The number of hydrogen-bond acceptors (Lipinski definition) is 5. The Labute approximate surface area is 168 Å². The molecule has 0 unspecified atom stereocenters. The first-order valence-corrected chi connectivity index (χ1v) is 9.27. The third-order valence-electron chi connectivity index (χ3n) is 4.02. The molecule has 2 heterocycles. The number of anilines is 2.